The van der Waals surface area contributed by atoms with Crippen LogP contribution in [0, 0.1) is 12.0 Å². The first kappa shape index (κ1) is 12.6. The molecule has 1 N–H and O–H groups in total. The van der Waals surface area contributed by atoms with E-state index in [9.17, 15) is 4.21 Å². The number of hydrogen-bond acceptors (Lipinski definition) is 3. The van der Waals surface area contributed by atoms with Gasteiger partial charge >= 0.3 is 0 Å². The van der Waals surface area contributed by atoms with Crippen LogP contribution >= 0.6 is 0 Å². The first-order chi connectivity index (χ1) is 7.67. The number of ether oxygens (including phenoxy) is 1. The highest BCUT2D eigenvalue weighted by Gasteiger charge is 2.05. The van der Waals surface area contributed by atoms with Crippen molar-refractivity contribution in [3.05, 3.63) is 23.8 Å². The van der Waals surface area contributed by atoms with Crippen LogP contribution in [-0.2, 0) is 16.6 Å². The molecule has 1 rings (SSSR count). The highest BCUT2D eigenvalue weighted by atomic mass is 32.2. The minimum absolute atomic E-state index is 0.491. The van der Waals surface area contributed by atoms with E-state index >= 15 is 0 Å². The number of hydrogen-bond donors (Lipinski definition) is 1. The maximum Gasteiger partial charge on any atom is 0.119 e. The van der Waals surface area contributed by atoms with Gasteiger partial charge in [0.15, 0.2) is 0 Å². The molecule has 0 saturated heterocycles. The Morgan fingerprint density at radius 1 is 1.50 bits per heavy atom. The van der Waals surface area contributed by atoms with E-state index in [0.29, 0.717) is 5.75 Å². The second-order valence-corrected chi connectivity index (χ2v) is 4.68. The maximum absolute atomic E-state index is 11.2. The zero-order valence-electron chi connectivity index (χ0n) is 9.66. The predicted molar refractivity (Wildman–Crippen MR) is 67.8 cm³/mol. The molecule has 86 valence electrons. The Hall–Kier alpha value is -1.47. The van der Waals surface area contributed by atoms with Crippen molar-refractivity contribution in [3.63, 3.8) is 0 Å². The van der Waals surface area contributed by atoms with Gasteiger partial charge in [-0.05, 0) is 30.7 Å². The van der Waals surface area contributed by atoms with E-state index in [1.165, 1.54) is 0 Å². The number of methoxy groups -OCH3 is 1. The third kappa shape index (κ3) is 3.59. The topological polar surface area (TPSA) is 38.3 Å². The molecular formula is C12H15NO2S. The zero-order chi connectivity index (χ0) is 12.0. The van der Waals surface area contributed by atoms with Crippen molar-refractivity contribution >= 4 is 16.5 Å². The Kier molecular flexibility index (Phi) is 4.87. The van der Waals surface area contributed by atoms with Crippen LogP contribution in [0.25, 0.3) is 0 Å². The van der Waals surface area contributed by atoms with E-state index < -0.39 is 10.8 Å². The van der Waals surface area contributed by atoms with Crippen molar-refractivity contribution in [3.8, 4) is 17.7 Å². The number of nitrogens with one attached hydrogen (secondary N) is 1. The smallest absolute Gasteiger partial charge is 0.119 e. The summed E-state index contributed by atoms with van der Waals surface area (Å²) in [5.74, 6) is 4.01. The summed E-state index contributed by atoms with van der Waals surface area (Å²) in [6.07, 6.45) is 1.68. The van der Waals surface area contributed by atoms with E-state index in [-0.39, 0.29) is 0 Å². The van der Waals surface area contributed by atoms with Crippen molar-refractivity contribution in [2.75, 3.05) is 18.7 Å². The molecule has 0 heterocycles. The van der Waals surface area contributed by atoms with Crippen molar-refractivity contribution in [1.29, 1.82) is 0 Å². The van der Waals surface area contributed by atoms with Gasteiger partial charge in [0.05, 0.1) is 18.6 Å². The molecule has 0 spiro atoms. The van der Waals surface area contributed by atoms with Crippen molar-refractivity contribution in [1.82, 2.24) is 0 Å². The van der Waals surface area contributed by atoms with Crippen LogP contribution in [0.1, 0.15) is 12.5 Å². The molecule has 3 nitrogen and oxygen atoms in total. The summed E-state index contributed by atoms with van der Waals surface area (Å²) in [7, 11) is 0.726. The maximum atomic E-state index is 11.2. The number of anilines is 1. The van der Waals surface area contributed by atoms with Gasteiger partial charge in [-0.1, -0.05) is 5.92 Å². The van der Waals surface area contributed by atoms with Gasteiger partial charge in [0.1, 0.15) is 5.75 Å². The third-order valence-electron chi connectivity index (χ3n) is 1.99. The molecule has 0 aliphatic heterocycles. The fraction of sp³-hybridized carbons (Fsp3) is 0.333. The van der Waals surface area contributed by atoms with E-state index in [1.807, 2.05) is 18.2 Å². The predicted octanol–water partition coefficient (Wildman–Crippen LogP) is 1.97. The summed E-state index contributed by atoms with van der Waals surface area (Å²) in [6.45, 7) is 1.76. The average Bonchev–Trinajstić information content (AvgIpc) is 2.26. The van der Waals surface area contributed by atoms with E-state index in [0.717, 1.165) is 17.0 Å². The molecule has 0 amide bonds. The molecular weight excluding hydrogens is 222 g/mol. The van der Waals surface area contributed by atoms with Crippen LogP contribution in [0.2, 0.25) is 0 Å². The highest BCUT2D eigenvalue weighted by Crippen LogP contribution is 2.22. The zero-order valence-corrected chi connectivity index (χ0v) is 10.5. The quantitative estimate of drug-likeness (QED) is 0.642. The van der Waals surface area contributed by atoms with Gasteiger partial charge < -0.3 is 10.1 Å². The molecule has 1 atom stereocenters. The third-order valence-corrected chi connectivity index (χ3v) is 2.71. The van der Waals surface area contributed by atoms with Crippen molar-refractivity contribution in [2.45, 2.75) is 12.7 Å². The second kappa shape index (κ2) is 6.19. The molecule has 0 radical (unpaired) electrons. The van der Waals surface area contributed by atoms with Crippen molar-refractivity contribution < 1.29 is 8.95 Å². The number of benzene rings is 1. The Morgan fingerprint density at radius 3 is 2.81 bits per heavy atom. The van der Waals surface area contributed by atoms with Gasteiger partial charge in [0, 0.05) is 23.1 Å². The Labute approximate surface area is 98.7 Å². The Balaban J connectivity index is 3.03. The first-order valence-corrected chi connectivity index (χ1v) is 6.54. The minimum atomic E-state index is -0.886. The summed E-state index contributed by atoms with van der Waals surface area (Å²) < 4.78 is 16.4. The summed E-state index contributed by atoms with van der Waals surface area (Å²) in [4.78, 5) is 0. The van der Waals surface area contributed by atoms with Crippen LogP contribution in [0.5, 0.6) is 5.75 Å². The van der Waals surface area contributed by atoms with Gasteiger partial charge in [-0.3, -0.25) is 4.21 Å². The average molecular weight is 237 g/mol. The van der Waals surface area contributed by atoms with E-state index in [4.69, 9.17) is 4.74 Å². The van der Waals surface area contributed by atoms with Crippen LogP contribution in [-0.4, -0.2) is 17.6 Å². The standard InChI is InChI=1S/C12H15NO2S/c1-4-7-13-12-6-5-11(15-2)8-10(12)9-16(3)14/h5-6,8,13H,9H2,1-3H3. The van der Waals surface area contributed by atoms with Crippen LogP contribution < -0.4 is 10.1 Å². The number of rotatable bonds is 4. The fourth-order valence-corrected chi connectivity index (χ4v) is 1.96. The van der Waals surface area contributed by atoms with Crippen LogP contribution in [0.4, 0.5) is 5.69 Å². The molecule has 0 bridgehead atoms. The van der Waals surface area contributed by atoms with E-state index in [2.05, 4.69) is 17.3 Å². The molecule has 16 heavy (non-hydrogen) atoms. The molecule has 0 aliphatic carbocycles. The van der Waals surface area contributed by atoms with Gasteiger partial charge in [-0.2, -0.15) is 0 Å². The lowest BCUT2D eigenvalue weighted by molar-refractivity contribution is 0.414. The van der Waals surface area contributed by atoms with Gasteiger partial charge in [-0.15, -0.1) is 0 Å². The van der Waals surface area contributed by atoms with Crippen LogP contribution in [0.15, 0.2) is 18.2 Å². The molecule has 0 saturated carbocycles. The molecule has 0 aliphatic rings. The van der Waals surface area contributed by atoms with Crippen molar-refractivity contribution in [2.24, 2.45) is 0 Å². The Bertz CT molecular complexity index is 446. The first-order valence-electron chi connectivity index (χ1n) is 4.82. The van der Waals surface area contributed by atoms with Gasteiger partial charge in [0.2, 0.25) is 0 Å². The van der Waals surface area contributed by atoms with E-state index in [1.54, 1.807) is 20.3 Å². The molecule has 0 aromatic heterocycles. The summed E-state index contributed by atoms with van der Waals surface area (Å²) >= 11 is 0. The lowest BCUT2D eigenvalue weighted by atomic mass is 10.2. The fourth-order valence-electron chi connectivity index (χ4n) is 1.29. The molecule has 4 heteroatoms. The second-order valence-electron chi connectivity index (χ2n) is 3.24. The minimum Gasteiger partial charge on any atom is -0.497 e. The summed E-state index contributed by atoms with van der Waals surface area (Å²) in [6, 6.07) is 8.38. The molecule has 1 aromatic carbocycles. The van der Waals surface area contributed by atoms with Gasteiger partial charge in [0.25, 0.3) is 0 Å². The largest absolute Gasteiger partial charge is 0.497 e. The SMILES string of the molecule is CC#CNc1ccc(OC)cc1CS(C)=O. The molecule has 0 fully saturated rings. The normalized spacial score (nSPS) is 11.2. The molecule has 1 unspecified atom stereocenters. The summed E-state index contributed by atoms with van der Waals surface area (Å²) in [5.41, 5.74) is 1.83. The lowest BCUT2D eigenvalue weighted by Crippen LogP contribution is -1.99. The van der Waals surface area contributed by atoms with Crippen LogP contribution in [0.3, 0.4) is 0 Å². The monoisotopic (exact) mass is 237 g/mol. The lowest BCUT2D eigenvalue weighted by Gasteiger charge is -2.09. The highest BCUT2D eigenvalue weighted by molar-refractivity contribution is 7.83. The Morgan fingerprint density at radius 2 is 2.25 bits per heavy atom. The molecule has 1 aromatic rings. The van der Waals surface area contributed by atoms with Gasteiger partial charge in [-0.25, -0.2) is 0 Å². The summed E-state index contributed by atoms with van der Waals surface area (Å²) in [5, 5.41) is 2.97.